The monoisotopic (exact) mass is 1070 g/mol. The third kappa shape index (κ3) is 19.7. The molecular weight excluding hydrogens is 992 g/mol. The van der Waals surface area contributed by atoms with Gasteiger partial charge in [-0.05, 0) is 64.7 Å². The second kappa shape index (κ2) is 27.4. The number of amides is 5. The number of aromatic nitrogens is 2. The Morgan fingerprint density at radius 2 is 1.10 bits per heavy atom. The molecule has 19 nitrogen and oxygen atoms in total. The fourth-order valence-corrected chi connectivity index (χ4v) is 12.0. The largest absolute Gasteiger partial charge is 0.476 e. The maximum absolute atomic E-state index is 13.1. The number of ether oxygens (including phenoxy) is 2. The van der Waals surface area contributed by atoms with Crippen LogP contribution in [-0.4, -0.2) is 179 Å². The molecule has 6 N–H and O–H groups in total. The molecule has 6 rings (SSSR count). The summed E-state index contributed by atoms with van der Waals surface area (Å²) in [6.07, 6.45) is 4.65. The molecule has 2 aliphatic heterocycles. The van der Waals surface area contributed by atoms with E-state index >= 15 is 0 Å². The van der Waals surface area contributed by atoms with Gasteiger partial charge < -0.3 is 55.9 Å². The van der Waals surface area contributed by atoms with E-state index in [1.807, 2.05) is 7.05 Å². The second-order valence-corrected chi connectivity index (χ2v) is 35.1. The third-order valence-corrected chi connectivity index (χ3v) is 18.2. The highest BCUT2D eigenvalue weighted by molar-refractivity contribution is 7.14. The van der Waals surface area contributed by atoms with Gasteiger partial charge in [0.05, 0.1) is 36.7 Å². The highest BCUT2D eigenvalue weighted by Gasteiger charge is 2.38. The number of hydrogen-bond acceptors (Lipinski definition) is 15. The number of likely N-dealkylation sites (N-methyl/N-ethyl adjacent to an activating group) is 2. The van der Waals surface area contributed by atoms with E-state index in [4.69, 9.17) is 20.3 Å². The van der Waals surface area contributed by atoms with E-state index in [-0.39, 0.29) is 71.1 Å². The van der Waals surface area contributed by atoms with Crippen molar-refractivity contribution in [2.24, 2.45) is 17.6 Å². The first-order chi connectivity index (χ1) is 32.2. The lowest BCUT2D eigenvalue weighted by Gasteiger charge is -2.36. The minimum Gasteiger partial charge on any atom is -0.476 e. The number of nitrogens with two attached hydrogens (primary N) is 1. The molecule has 0 bridgehead atoms. The van der Waals surface area contributed by atoms with Crippen LogP contribution in [0.25, 0.3) is 0 Å². The molecule has 2 aromatic heterocycles. The van der Waals surface area contributed by atoms with E-state index in [9.17, 15) is 28.8 Å². The summed E-state index contributed by atoms with van der Waals surface area (Å²) in [4.78, 5) is 91.1. The lowest BCUT2D eigenvalue weighted by molar-refractivity contribution is -0.135. The van der Waals surface area contributed by atoms with Crippen molar-refractivity contribution in [2.75, 3.05) is 68.6 Å². The maximum atomic E-state index is 13.1. The summed E-state index contributed by atoms with van der Waals surface area (Å²) in [5, 5.41) is 18.3. The Hall–Kier alpha value is -3.72. The molecule has 0 unspecified atom stereocenters. The van der Waals surface area contributed by atoms with E-state index in [1.165, 1.54) is 22.7 Å². The number of carbonyl (C=O) groups excluding carboxylic acids is 5. The average molecular weight is 1070 g/mol. The Morgan fingerprint density at radius 1 is 0.671 bits per heavy atom. The Labute approximate surface area is 431 Å². The molecule has 4 heterocycles. The third-order valence-electron chi connectivity index (χ3n) is 12.6. The van der Waals surface area contributed by atoms with Crippen molar-refractivity contribution < 1.29 is 43.3 Å². The summed E-state index contributed by atoms with van der Waals surface area (Å²) in [5.74, 6) is -1.23. The fourth-order valence-electron chi connectivity index (χ4n) is 8.42. The summed E-state index contributed by atoms with van der Waals surface area (Å²) in [7, 11) is 8.60. The molecule has 2 aliphatic carbocycles. The number of carboxylic acid groups (broad SMARTS) is 1. The van der Waals surface area contributed by atoms with E-state index in [2.05, 4.69) is 82.0 Å². The van der Waals surface area contributed by atoms with Gasteiger partial charge in [0.2, 0.25) is 16.8 Å². The summed E-state index contributed by atoms with van der Waals surface area (Å²) < 4.78 is 10.7. The Balaban J connectivity index is 0.000000307. The van der Waals surface area contributed by atoms with Crippen LogP contribution in [0.4, 0.5) is 9.59 Å². The highest BCUT2D eigenvalue weighted by atomic mass is 35.5. The summed E-state index contributed by atoms with van der Waals surface area (Å²) in [6, 6.07) is 0.877. The van der Waals surface area contributed by atoms with Crippen molar-refractivity contribution in [1.29, 1.82) is 0 Å². The summed E-state index contributed by atoms with van der Waals surface area (Å²) in [5.41, 5.74) is 8.09. The maximum Gasteiger partial charge on any atom is 0.407 e. The van der Waals surface area contributed by atoms with Gasteiger partial charge in [-0.3, -0.25) is 14.4 Å². The highest BCUT2D eigenvalue weighted by Crippen LogP contribution is 2.30. The van der Waals surface area contributed by atoms with Gasteiger partial charge in [-0.1, -0.05) is 39.3 Å². The van der Waals surface area contributed by atoms with Crippen molar-refractivity contribution in [1.82, 2.24) is 45.5 Å². The fraction of sp³-hybridized carbons (Fsp3) is 0.739. The van der Waals surface area contributed by atoms with E-state index in [0.717, 1.165) is 78.7 Å². The molecule has 24 heteroatoms. The van der Waals surface area contributed by atoms with Crippen LogP contribution >= 0.6 is 35.1 Å². The van der Waals surface area contributed by atoms with Gasteiger partial charge >= 0.3 is 18.2 Å². The number of fused-ring (bicyclic) bond motifs is 2. The smallest absolute Gasteiger partial charge is 0.407 e. The van der Waals surface area contributed by atoms with Crippen molar-refractivity contribution in [3.05, 3.63) is 31.2 Å². The Bertz CT molecular complexity index is 2080. The van der Waals surface area contributed by atoms with Gasteiger partial charge in [0, 0.05) is 117 Å². The topological polar surface area (TPSA) is 242 Å². The van der Waals surface area contributed by atoms with Crippen LogP contribution in [0.15, 0.2) is 0 Å². The Morgan fingerprint density at radius 3 is 1.54 bits per heavy atom. The predicted octanol–water partition coefficient (Wildman–Crippen LogP) is 5.44. The standard InChI is InChI=1S/C23H39N5O4SSi.C15H31N3O3Si.C8H10N2O2S.ClH/c1-27(2)22(30)15-7-8-16(26-23(31)32-11-12-34(4,5)6)18(13-15)24-20(29)21-25-17-9-10-28(3)14-19(17)33-21;1-18(2)14(19)11-6-7-13(12(16)10-11)17-15(20)21-8-9-22(3,4)5;1-10-3-2-5-6(4-10)13-7(9-5)8(11)12;/h15-16,18H,7-14H2,1-6H3,(H,24,29)(H,26,31);11-13H,6-10,16H2,1-5H3,(H,17,20);2-4H2,1H3,(H,11,12);1H/t15-,16-,18+;11-,12+,13-;;/m00../s1. The predicted molar refractivity (Wildman–Crippen MR) is 283 cm³/mol. The minimum absolute atomic E-state index is 0. The molecule has 2 aromatic rings. The van der Waals surface area contributed by atoms with Crippen LogP contribution in [-0.2, 0) is 45.0 Å². The van der Waals surface area contributed by atoms with Gasteiger partial charge in [-0.15, -0.1) is 35.1 Å². The van der Waals surface area contributed by atoms with Gasteiger partial charge in [0.25, 0.3) is 5.91 Å². The van der Waals surface area contributed by atoms with Crippen molar-refractivity contribution in [2.45, 2.75) is 140 Å². The number of aromatic carboxylic acids is 1. The molecule has 0 aromatic carbocycles. The van der Waals surface area contributed by atoms with Crippen LogP contribution < -0.4 is 21.7 Å². The molecule has 4 aliphatic rings. The molecule has 5 amide bonds. The average Bonchev–Trinajstić information content (AvgIpc) is 3.88. The van der Waals surface area contributed by atoms with Gasteiger partial charge in [-0.2, -0.15) is 0 Å². The number of carboxylic acids is 1. The first-order valence-corrected chi connectivity index (χ1v) is 33.2. The van der Waals surface area contributed by atoms with Crippen molar-refractivity contribution >= 4 is 87.1 Å². The molecular formula is C46H81ClN10O9S2Si2. The number of thiazole rings is 2. The molecule has 0 saturated heterocycles. The van der Waals surface area contributed by atoms with Crippen molar-refractivity contribution in [3.63, 3.8) is 0 Å². The number of alkyl carbamates (subject to hydrolysis) is 2. The molecule has 0 radical (unpaired) electrons. The number of halogens is 1. The quantitative estimate of drug-likeness (QED) is 0.157. The lowest BCUT2D eigenvalue weighted by atomic mass is 9.81. The van der Waals surface area contributed by atoms with Crippen LogP contribution in [0.1, 0.15) is 79.3 Å². The first-order valence-electron chi connectivity index (χ1n) is 24.1. The molecule has 6 atom stereocenters. The minimum atomic E-state index is -1.30. The van der Waals surface area contributed by atoms with Crippen LogP contribution in [0.3, 0.4) is 0 Å². The molecule has 0 spiro atoms. The Kier molecular flexibility index (Phi) is 23.7. The zero-order valence-electron chi connectivity index (χ0n) is 43.5. The van der Waals surface area contributed by atoms with Crippen LogP contribution in [0, 0.1) is 11.8 Å². The zero-order valence-corrected chi connectivity index (χ0v) is 47.9. The lowest BCUT2D eigenvalue weighted by Crippen LogP contribution is -2.56. The second-order valence-electron chi connectivity index (χ2n) is 21.7. The van der Waals surface area contributed by atoms with Gasteiger partial charge in [0.15, 0.2) is 5.01 Å². The number of nitrogens with one attached hydrogen (secondary N) is 3. The van der Waals surface area contributed by atoms with E-state index in [1.54, 1.807) is 38.0 Å². The van der Waals surface area contributed by atoms with Gasteiger partial charge in [0.1, 0.15) is 0 Å². The van der Waals surface area contributed by atoms with Crippen molar-refractivity contribution in [3.8, 4) is 0 Å². The van der Waals surface area contributed by atoms with Crippen LogP contribution in [0.2, 0.25) is 51.4 Å². The summed E-state index contributed by atoms with van der Waals surface area (Å²) >= 11 is 2.72. The van der Waals surface area contributed by atoms with E-state index in [0.29, 0.717) is 50.3 Å². The molecule has 396 valence electrons. The molecule has 2 fully saturated rings. The van der Waals surface area contributed by atoms with Gasteiger partial charge in [-0.25, -0.2) is 24.4 Å². The SMILES string of the molecule is CN(C)C(=O)[C@H]1CC[C@H](NC(=O)OCC[Si](C)(C)C)[C@H](N)C1.CN1CCc2nc(C(=O)N[C@@H]3C[C@@H](C(=O)N(C)C)CC[C@@H]3NC(=O)OCC[Si](C)(C)C)sc2C1.CN1CCc2nc(C(=O)O)sc2C1.Cl. The van der Waals surface area contributed by atoms with Crippen LogP contribution in [0.5, 0.6) is 0 Å². The summed E-state index contributed by atoms with van der Waals surface area (Å²) in [6.45, 7) is 17.8. The molecule has 2 saturated carbocycles. The zero-order chi connectivity index (χ0) is 51.4. The van der Waals surface area contributed by atoms with E-state index < -0.39 is 34.3 Å². The normalized spacial score (nSPS) is 22.4. The molecule has 70 heavy (non-hydrogen) atoms. The number of carbonyl (C=O) groups is 6. The number of hydrogen-bond donors (Lipinski definition) is 5. The first kappa shape index (κ1) is 60.6. The number of rotatable bonds is 13. The number of nitrogens with zero attached hydrogens (tertiary/aromatic N) is 6.